The molecule has 0 saturated carbocycles. The Morgan fingerprint density at radius 3 is 2.41 bits per heavy atom. The van der Waals surface area contributed by atoms with Crippen molar-refractivity contribution >= 4 is 11.8 Å². The number of carbonyl (C=O) groups is 2. The number of aliphatic hydroxyl groups excluding tert-OH is 1. The molecular formula is C23H29N3O3. The molecule has 0 atom stereocenters. The van der Waals surface area contributed by atoms with Crippen molar-refractivity contribution in [3.05, 3.63) is 59.7 Å². The number of hydrogen-bond donors (Lipinski definition) is 2. The first-order valence-electron chi connectivity index (χ1n) is 10.1. The molecule has 0 aliphatic carbocycles. The van der Waals surface area contributed by atoms with E-state index in [2.05, 4.69) is 6.07 Å². The molecule has 6 nitrogen and oxygen atoms in total. The molecule has 1 saturated heterocycles. The van der Waals surface area contributed by atoms with Gasteiger partial charge in [-0.1, -0.05) is 30.3 Å². The van der Waals surface area contributed by atoms with Crippen LogP contribution in [0.5, 0.6) is 0 Å². The lowest BCUT2D eigenvalue weighted by Gasteiger charge is -2.31. The second-order valence-electron chi connectivity index (χ2n) is 7.65. The number of hydrogen-bond acceptors (Lipinski definition) is 4. The van der Waals surface area contributed by atoms with Gasteiger partial charge in [-0.2, -0.15) is 0 Å². The van der Waals surface area contributed by atoms with Crippen molar-refractivity contribution in [2.45, 2.75) is 19.4 Å². The normalized spacial score (nSPS) is 14.7. The smallest absolute Gasteiger partial charge is 0.253 e. The van der Waals surface area contributed by atoms with Gasteiger partial charge in [0.2, 0.25) is 5.91 Å². The van der Waals surface area contributed by atoms with E-state index >= 15 is 0 Å². The summed E-state index contributed by atoms with van der Waals surface area (Å²) in [5.41, 5.74) is 9.19. The van der Waals surface area contributed by atoms with Crippen LogP contribution >= 0.6 is 0 Å². The number of nitrogens with zero attached hydrogens (tertiary/aromatic N) is 2. The van der Waals surface area contributed by atoms with Crippen molar-refractivity contribution in [1.82, 2.24) is 9.80 Å². The van der Waals surface area contributed by atoms with Gasteiger partial charge in [0.25, 0.3) is 5.91 Å². The first-order valence-corrected chi connectivity index (χ1v) is 10.1. The molecular weight excluding hydrogens is 366 g/mol. The number of piperidine rings is 1. The summed E-state index contributed by atoms with van der Waals surface area (Å²) in [6, 6.07) is 15.7. The summed E-state index contributed by atoms with van der Waals surface area (Å²) in [6.07, 6.45) is 1.71. The molecule has 1 fully saturated rings. The highest BCUT2D eigenvalue weighted by Crippen LogP contribution is 2.23. The topological polar surface area (TPSA) is 86.9 Å². The van der Waals surface area contributed by atoms with Crippen LogP contribution in [0.3, 0.4) is 0 Å². The van der Waals surface area contributed by atoms with Crippen molar-refractivity contribution in [3.8, 4) is 11.1 Å². The number of amides is 2. The van der Waals surface area contributed by atoms with E-state index in [0.29, 0.717) is 31.1 Å². The Morgan fingerprint density at radius 2 is 1.79 bits per heavy atom. The average Bonchev–Trinajstić information content (AvgIpc) is 2.78. The zero-order chi connectivity index (χ0) is 20.8. The van der Waals surface area contributed by atoms with E-state index in [9.17, 15) is 14.7 Å². The predicted octanol–water partition coefficient (Wildman–Crippen LogP) is 2.12. The Morgan fingerprint density at radius 1 is 1.10 bits per heavy atom. The maximum absolute atomic E-state index is 12.7. The number of nitrogens with two attached hydrogens (primary N) is 1. The van der Waals surface area contributed by atoms with Crippen LogP contribution < -0.4 is 5.73 Å². The number of aliphatic hydroxyl groups is 1. The largest absolute Gasteiger partial charge is 0.396 e. The van der Waals surface area contributed by atoms with Gasteiger partial charge in [-0.25, -0.2) is 0 Å². The minimum Gasteiger partial charge on any atom is -0.396 e. The molecule has 6 heteroatoms. The molecule has 0 aromatic heterocycles. The van der Waals surface area contributed by atoms with Gasteiger partial charge in [0.15, 0.2) is 0 Å². The van der Waals surface area contributed by atoms with Crippen LogP contribution in [0.25, 0.3) is 11.1 Å². The minimum absolute atomic E-state index is 0.00333. The summed E-state index contributed by atoms with van der Waals surface area (Å²) in [5.74, 6) is 0.262. The summed E-state index contributed by atoms with van der Waals surface area (Å²) in [6.45, 7) is 2.10. The second-order valence-corrected chi connectivity index (χ2v) is 7.65. The molecule has 3 N–H and O–H groups in total. The maximum atomic E-state index is 12.7. The number of likely N-dealkylation sites (tertiary alicyclic amines) is 1. The first-order chi connectivity index (χ1) is 14.0. The van der Waals surface area contributed by atoms with E-state index < -0.39 is 0 Å². The molecule has 1 aliphatic rings. The Kier molecular flexibility index (Phi) is 7.01. The summed E-state index contributed by atoms with van der Waals surface area (Å²) in [4.78, 5) is 27.9. The van der Waals surface area contributed by atoms with Crippen molar-refractivity contribution < 1.29 is 14.7 Å². The van der Waals surface area contributed by atoms with Crippen molar-refractivity contribution in [2.24, 2.45) is 11.7 Å². The third-order valence-corrected chi connectivity index (χ3v) is 5.57. The number of carbonyl (C=O) groups excluding carboxylic acids is 2. The fourth-order valence-electron chi connectivity index (χ4n) is 3.67. The monoisotopic (exact) mass is 395 g/mol. The lowest BCUT2D eigenvalue weighted by Crippen LogP contribution is -2.39. The maximum Gasteiger partial charge on any atom is 0.253 e. The summed E-state index contributed by atoms with van der Waals surface area (Å²) < 4.78 is 0. The molecule has 2 amide bonds. The second kappa shape index (κ2) is 9.67. The molecule has 29 heavy (non-hydrogen) atoms. The van der Waals surface area contributed by atoms with Crippen LogP contribution in [0.2, 0.25) is 0 Å². The van der Waals surface area contributed by atoms with Crippen LogP contribution in [0, 0.1) is 5.92 Å². The number of likely N-dealkylation sites (N-methyl/N-ethyl adjacent to an activating group) is 1. The van der Waals surface area contributed by atoms with E-state index in [1.807, 2.05) is 47.4 Å². The Balaban J connectivity index is 1.68. The summed E-state index contributed by atoms with van der Waals surface area (Å²) in [7, 11) is 1.74. The highest BCUT2D eigenvalue weighted by molar-refractivity contribution is 5.94. The van der Waals surface area contributed by atoms with Crippen molar-refractivity contribution in [1.29, 1.82) is 0 Å². The zero-order valence-electron chi connectivity index (χ0n) is 16.9. The van der Waals surface area contributed by atoms with Gasteiger partial charge in [-0.15, -0.1) is 0 Å². The lowest BCUT2D eigenvalue weighted by molar-refractivity contribution is -0.128. The summed E-state index contributed by atoms with van der Waals surface area (Å²) >= 11 is 0. The van der Waals surface area contributed by atoms with Gasteiger partial charge in [-0.3, -0.25) is 9.59 Å². The van der Waals surface area contributed by atoms with Gasteiger partial charge in [0, 0.05) is 38.9 Å². The van der Waals surface area contributed by atoms with E-state index in [-0.39, 0.29) is 25.0 Å². The third kappa shape index (κ3) is 5.22. The van der Waals surface area contributed by atoms with Crippen LogP contribution in [0.15, 0.2) is 48.5 Å². The highest BCUT2D eigenvalue weighted by atomic mass is 16.3. The minimum atomic E-state index is -0.0960. The Labute approximate surface area is 171 Å². The first kappa shape index (κ1) is 21.0. The third-order valence-electron chi connectivity index (χ3n) is 5.57. The van der Waals surface area contributed by atoms with E-state index in [4.69, 9.17) is 5.73 Å². The lowest BCUT2D eigenvalue weighted by atomic mass is 9.97. The predicted molar refractivity (Wildman–Crippen MR) is 113 cm³/mol. The molecule has 154 valence electrons. The molecule has 2 aromatic carbocycles. The fourth-order valence-corrected chi connectivity index (χ4v) is 3.67. The quantitative estimate of drug-likeness (QED) is 0.784. The molecule has 0 unspecified atom stereocenters. The average molecular weight is 396 g/mol. The van der Waals surface area contributed by atoms with Gasteiger partial charge in [-0.05, 0) is 53.6 Å². The van der Waals surface area contributed by atoms with Crippen LogP contribution in [0.4, 0.5) is 0 Å². The van der Waals surface area contributed by atoms with Crippen LogP contribution in [0.1, 0.15) is 28.8 Å². The number of benzene rings is 2. The van der Waals surface area contributed by atoms with Gasteiger partial charge in [0.05, 0.1) is 6.54 Å². The van der Waals surface area contributed by atoms with Crippen LogP contribution in [-0.2, 0) is 11.3 Å². The molecule has 0 spiro atoms. The molecule has 2 aromatic rings. The van der Waals surface area contributed by atoms with E-state index in [1.54, 1.807) is 11.9 Å². The molecule has 0 bridgehead atoms. The SMILES string of the molecule is CN(Cc1cccc(-c2ccc(C(=O)N3CCC(CO)CC3)cc2)c1)C(=O)CN. The molecule has 1 aliphatic heterocycles. The van der Waals surface area contributed by atoms with Crippen molar-refractivity contribution in [3.63, 3.8) is 0 Å². The Bertz CT molecular complexity index is 843. The molecule has 0 radical (unpaired) electrons. The standard InChI is InChI=1S/C23H29N3O3/c1-25(22(28)14-24)15-18-3-2-4-21(13-18)19-5-7-20(8-6-19)23(29)26-11-9-17(16-27)10-12-26/h2-8,13,17,27H,9-12,14-16,24H2,1H3. The molecule has 1 heterocycles. The zero-order valence-corrected chi connectivity index (χ0v) is 16.9. The fraction of sp³-hybridized carbons (Fsp3) is 0.391. The van der Waals surface area contributed by atoms with Gasteiger partial charge in [0.1, 0.15) is 0 Å². The summed E-state index contributed by atoms with van der Waals surface area (Å²) in [5, 5.41) is 9.25. The highest BCUT2D eigenvalue weighted by Gasteiger charge is 2.23. The van der Waals surface area contributed by atoms with Crippen molar-refractivity contribution in [2.75, 3.05) is 33.3 Å². The van der Waals surface area contributed by atoms with Gasteiger partial charge < -0.3 is 20.6 Å². The van der Waals surface area contributed by atoms with Crippen LogP contribution in [-0.4, -0.2) is 60.0 Å². The van der Waals surface area contributed by atoms with E-state index in [0.717, 1.165) is 29.5 Å². The molecule has 3 rings (SSSR count). The van der Waals surface area contributed by atoms with E-state index in [1.165, 1.54) is 0 Å². The number of rotatable bonds is 6. The van der Waals surface area contributed by atoms with Gasteiger partial charge >= 0.3 is 0 Å². The Hall–Kier alpha value is -2.70.